The number of methoxy groups -OCH3 is 1. The molecule has 20 heavy (non-hydrogen) atoms. The second-order valence-electron chi connectivity index (χ2n) is 5.65. The summed E-state index contributed by atoms with van der Waals surface area (Å²) in [6.07, 6.45) is 4.53. The summed E-state index contributed by atoms with van der Waals surface area (Å²) in [7, 11) is 1.63. The minimum atomic E-state index is -0.494. The summed E-state index contributed by atoms with van der Waals surface area (Å²) in [5.41, 5.74) is 0.852. The molecule has 0 spiro atoms. The first kappa shape index (κ1) is 13.7. The minimum Gasteiger partial charge on any atom is -0.493 e. The Hall–Kier alpha value is -1.26. The van der Waals surface area contributed by atoms with Crippen molar-refractivity contribution in [2.24, 2.45) is 0 Å². The number of ether oxygens (including phenoxy) is 2. The fraction of sp³-hybridized carbons (Fsp3) is 0.625. The van der Waals surface area contributed by atoms with Gasteiger partial charge in [0.15, 0.2) is 11.5 Å². The third-order valence-corrected chi connectivity index (χ3v) is 4.42. The van der Waals surface area contributed by atoms with Crippen LogP contribution in [-0.2, 0) is 0 Å². The summed E-state index contributed by atoms with van der Waals surface area (Å²) in [4.78, 5) is 2.39. The molecule has 0 saturated carbocycles. The van der Waals surface area contributed by atoms with Crippen molar-refractivity contribution in [3.63, 3.8) is 0 Å². The van der Waals surface area contributed by atoms with E-state index < -0.39 is 6.10 Å². The van der Waals surface area contributed by atoms with E-state index in [1.165, 1.54) is 25.7 Å². The summed E-state index contributed by atoms with van der Waals surface area (Å²) in [6.45, 7) is 2.66. The SMILES string of the molecule is COc1cccc2c1OCC(N1CCCCCC1)C2O. The molecule has 1 saturated heterocycles. The number of benzene rings is 1. The van der Waals surface area contributed by atoms with Crippen LogP contribution in [-0.4, -0.2) is 42.9 Å². The van der Waals surface area contributed by atoms with Gasteiger partial charge in [-0.3, -0.25) is 4.90 Å². The average Bonchev–Trinajstić information content (AvgIpc) is 2.76. The van der Waals surface area contributed by atoms with Gasteiger partial charge in [-0.05, 0) is 32.0 Å². The Morgan fingerprint density at radius 3 is 2.65 bits per heavy atom. The summed E-state index contributed by atoms with van der Waals surface area (Å²) in [5.74, 6) is 1.41. The zero-order valence-electron chi connectivity index (χ0n) is 12.0. The first-order chi connectivity index (χ1) is 9.81. The molecule has 2 aliphatic heterocycles. The molecule has 2 unspecified atom stereocenters. The van der Waals surface area contributed by atoms with Crippen molar-refractivity contribution in [3.8, 4) is 11.5 Å². The van der Waals surface area contributed by atoms with Crippen molar-refractivity contribution in [2.75, 3.05) is 26.8 Å². The normalized spacial score (nSPS) is 27.3. The Bertz CT molecular complexity index is 455. The van der Waals surface area contributed by atoms with Gasteiger partial charge in [0.1, 0.15) is 12.7 Å². The number of nitrogens with zero attached hydrogens (tertiary/aromatic N) is 1. The van der Waals surface area contributed by atoms with E-state index in [-0.39, 0.29) is 6.04 Å². The van der Waals surface area contributed by atoms with E-state index >= 15 is 0 Å². The molecule has 4 heteroatoms. The third-order valence-electron chi connectivity index (χ3n) is 4.42. The van der Waals surface area contributed by atoms with Gasteiger partial charge in [-0.15, -0.1) is 0 Å². The predicted molar refractivity (Wildman–Crippen MR) is 77.3 cm³/mol. The Balaban J connectivity index is 1.83. The van der Waals surface area contributed by atoms with Crippen molar-refractivity contribution in [2.45, 2.75) is 37.8 Å². The fourth-order valence-corrected chi connectivity index (χ4v) is 3.28. The standard InChI is InChI=1S/C16H23NO3/c1-19-14-8-6-7-12-15(18)13(11-20-16(12)14)17-9-4-2-3-5-10-17/h6-8,13,15,18H,2-5,9-11H2,1H3. The number of aliphatic hydroxyl groups is 1. The summed E-state index contributed by atoms with van der Waals surface area (Å²) in [5, 5.41) is 10.7. The van der Waals surface area contributed by atoms with E-state index in [9.17, 15) is 5.11 Å². The van der Waals surface area contributed by atoms with Gasteiger partial charge in [0, 0.05) is 5.56 Å². The molecule has 0 radical (unpaired) electrons. The Morgan fingerprint density at radius 2 is 1.95 bits per heavy atom. The van der Waals surface area contributed by atoms with Gasteiger partial charge < -0.3 is 14.6 Å². The molecule has 1 fully saturated rings. The van der Waals surface area contributed by atoms with E-state index in [0.29, 0.717) is 18.1 Å². The molecule has 2 atom stereocenters. The van der Waals surface area contributed by atoms with Crippen LogP contribution in [0.25, 0.3) is 0 Å². The van der Waals surface area contributed by atoms with Gasteiger partial charge in [0.2, 0.25) is 0 Å². The van der Waals surface area contributed by atoms with E-state index in [0.717, 1.165) is 18.7 Å². The van der Waals surface area contributed by atoms with Gasteiger partial charge in [-0.25, -0.2) is 0 Å². The van der Waals surface area contributed by atoms with Crippen LogP contribution in [0.4, 0.5) is 0 Å². The maximum atomic E-state index is 10.7. The highest BCUT2D eigenvalue weighted by Gasteiger charge is 2.35. The molecule has 1 N–H and O–H groups in total. The van der Waals surface area contributed by atoms with Gasteiger partial charge in [-0.1, -0.05) is 25.0 Å². The molecule has 1 aromatic rings. The second-order valence-corrected chi connectivity index (χ2v) is 5.65. The molecule has 0 bridgehead atoms. The molecule has 110 valence electrons. The quantitative estimate of drug-likeness (QED) is 0.901. The van der Waals surface area contributed by atoms with Crippen molar-refractivity contribution >= 4 is 0 Å². The summed E-state index contributed by atoms with van der Waals surface area (Å²) in [6, 6.07) is 5.78. The van der Waals surface area contributed by atoms with Crippen LogP contribution in [0.3, 0.4) is 0 Å². The Labute approximate surface area is 120 Å². The zero-order valence-corrected chi connectivity index (χ0v) is 12.0. The number of rotatable bonds is 2. The number of hydrogen-bond donors (Lipinski definition) is 1. The monoisotopic (exact) mass is 277 g/mol. The maximum absolute atomic E-state index is 10.7. The van der Waals surface area contributed by atoms with Gasteiger partial charge in [-0.2, -0.15) is 0 Å². The lowest BCUT2D eigenvalue weighted by Crippen LogP contribution is -2.46. The van der Waals surface area contributed by atoms with Crippen LogP contribution >= 0.6 is 0 Å². The summed E-state index contributed by atoms with van der Waals surface area (Å²) < 4.78 is 11.2. The smallest absolute Gasteiger partial charge is 0.167 e. The van der Waals surface area contributed by atoms with Crippen molar-refractivity contribution in [1.29, 1.82) is 0 Å². The van der Waals surface area contributed by atoms with Crippen molar-refractivity contribution < 1.29 is 14.6 Å². The van der Waals surface area contributed by atoms with Crippen molar-refractivity contribution in [3.05, 3.63) is 23.8 Å². The Kier molecular flexibility index (Phi) is 4.13. The van der Waals surface area contributed by atoms with E-state index in [1.807, 2.05) is 18.2 Å². The van der Waals surface area contributed by atoms with Crippen LogP contribution in [0.2, 0.25) is 0 Å². The van der Waals surface area contributed by atoms with E-state index in [4.69, 9.17) is 9.47 Å². The highest BCUT2D eigenvalue weighted by Crippen LogP contribution is 2.40. The average molecular weight is 277 g/mol. The summed E-state index contributed by atoms with van der Waals surface area (Å²) >= 11 is 0. The highest BCUT2D eigenvalue weighted by molar-refractivity contribution is 5.49. The lowest BCUT2D eigenvalue weighted by molar-refractivity contribution is 0.00377. The van der Waals surface area contributed by atoms with Crippen LogP contribution in [0, 0.1) is 0 Å². The molecule has 2 heterocycles. The van der Waals surface area contributed by atoms with Gasteiger partial charge >= 0.3 is 0 Å². The third kappa shape index (κ3) is 2.50. The van der Waals surface area contributed by atoms with Gasteiger partial charge in [0.25, 0.3) is 0 Å². The molecule has 1 aromatic carbocycles. The minimum absolute atomic E-state index is 0.0627. The highest BCUT2D eigenvalue weighted by atomic mass is 16.5. The topological polar surface area (TPSA) is 41.9 Å². The lowest BCUT2D eigenvalue weighted by atomic mass is 9.97. The molecule has 4 nitrogen and oxygen atoms in total. The predicted octanol–water partition coefficient (Wildman–Crippen LogP) is 2.37. The maximum Gasteiger partial charge on any atom is 0.167 e. The lowest BCUT2D eigenvalue weighted by Gasteiger charge is -2.38. The van der Waals surface area contributed by atoms with Crippen LogP contribution in [0.5, 0.6) is 11.5 Å². The molecule has 0 amide bonds. The molecular weight excluding hydrogens is 254 g/mol. The fourth-order valence-electron chi connectivity index (χ4n) is 3.28. The molecule has 2 aliphatic rings. The van der Waals surface area contributed by atoms with Crippen LogP contribution in [0.15, 0.2) is 18.2 Å². The number of aliphatic hydroxyl groups excluding tert-OH is 1. The van der Waals surface area contributed by atoms with Crippen molar-refractivity contribution in [1.82, 2.24) is 4.90 Å². The molecule has 3 rings (SSSR count). The molecule has 0 aromatic heterocycles. The second kappa shape index (κ2) is 6.02. The van der Waals surface area contributed by atoms with E-state index in [2.05, 4.69) is 4.90 Å². The molecule has 0 aliphatic carbocycles. The number of likely N-dealkylation sites (tertiary alicyclic amines) is 1. The Morgan fingerprint density at radius 1 is 1.20 bits per heavy atom. The number of hydrogen-bond acceptors (Lipinski definition) is 4. The van der Waals surface area contributed by atoms with Crippen LogP contribution in [0.1, 0.15) is 37.4 Å². The molecular formula is C16H23NO3. The van der Waals surface area contributed by atoms with Gasteiger partial charge in [0.05, 0.1) is 13.2 Å². The first-order valence-corrected chi connectivity index (χ1v) is 7.53. The number of para-hydroxylation sites is 1. The number of fused-ring (bicyclic) bond motifs is 1. The van der Waals surface area contributed by atoms with E-state index in [1.54, 1.807) is 7.11 Å². The first-order valence-electron chi connectivity index (χ1n) is 7.53. The van der Waals surface area contributed by atoms with Crippen LogP contribution < -0.4 is 9.47 Å². The largest absolute Gasteiger partial charge is 0.493 e. The zero-order chi connectivity index (χ0) is 13.9.